The number of methoxy groups -OCH3 is 1. The highest BCUT2D eigenvalue weighted by Crippen LogP contribution is 2.46. The van der Waals surface area contributed by atoms with Gasteiger partial charge in [-0.3, -0.25) is 4.90 Å². The number of ether oxygens (including phenoxy) is 1. The molecule has 2 N–H and O–H groups in total. The molecule has 4 rings (SSSR count). The average molecular weight is 439 g/mol. The molecule has 0 aliphatic carbocycles. The van der Waals surface area contributed by atoms with Crippen LogP contribution in [0.1, 0.15) is 42.9 Å². The van der Waals surface area contributed by atoms with Gasteiger partial charge in [0.15, 0.2) is 0 Å². The number of benzene rings is 2. The van der Waals surface area contributed by atoms with E-state index < -0.39 is 11.9 Å². The Bertz CT molecular complexity index is 960. The van der Waals surface area contributed by atoms with Gasteiger partial charge in [-0.15, -0.1) is 0 Å². The first-order chi connectivity index (χ1) is 15.3. The summed E-state index contributed by atoms with van der Waals surface area (Å²) < 4.78 is 5.44. The van der Waals surface area contributed by atoms with Crippen LogP contribution in [0.2, 0.25) is 0 Å². The van der Waals surface area contributed by atoms with Gasteiger partial charge in [0.1, 0.15) is 5.75 Å². The van der Waals surface area contributed by atoms with Gasteiger partial charge in [-0.1, -0.05) is 30.3 Å². The summed E-state index contributed by atoms with van der Waals surface area (Å²) in [6, 6.07) is 17.9. The van der Waals surface area contributed by atoms with Crippen molar-refractivity contribution in [3.63, 3.8) is 0 Å². The van der Waals surface area contributed by atoms with Crippen LogP contribution in [0.15, 0.2) is 60.7 Å². The lowest BCUT2D eigenvalue weighted by atomic mass is 9.81. The van der Waals surface area contributed by atoms with Gasteiger partial charge in [0.2, 0.25) is 0 Å². The fourth-order valence-electron chi connectivity index (χ4n) is 4.61. The highest BCUT2D eigenvalue weighted by Gasteiger charge is 2.40. The van der Waals surface area contributed by atoms with E-state index in [0.717, 1.165) is 12.3 Å². The number of fused-ring (bicyclic) bond motifs is 4. The zero-order valence-corrected chi connectivity index (χ0v) is 18.6. The number of hydrogen-bond donors (Lipinski definition) is 2. The van der Waals surface area contributed by atoms with Crippen molar-refractivity contribution < 1.29 is 24.5 Å². The predicted molar refractivity (Wildman–Crippen MR) is 123 cm³/mol. The van der Waals surface area contributed by atoms with E-state index in [-0.39, 0.29) is 0 Å². The molecule has 2 aliphatic heterocycles. The molecule has 7 heteroatoms. The lowest BCUT2D eigenvalue weighted by molar-refractivity contribution is -0.134. The second-order valence-corrected chi connectivity index (χ2v) is 8.07. The Kier molecular flexibility index (Phi) is 7.53. The van der Waals surface area contributed by atoms with Crippen molar-refractivity contribution in [1.82, 2.24) is 4.90 Å². The summed E-state index contributed by atoms with van der Waals surface area (Å²) in [5.41, 5.74) is 4.23. The maximum Gasteiger partial charge on any atom is 0.328 e. The van der Waals surface area contributed by atoms with Crippen LogP contribution in [0.25, 0.3) is 0 Å². The minimum atomic E-state index is -1.26. The minimum absolute atomic E-state index is 0.444. The van der Waals surface area contributed by atoms with Crippen LogP contribution in [0, 0.1) is 0 Å². The highest BCUT2D eigenvalue weighted by molar-refractivity contribution is 5.89. The van der Waals surface area contributed by atoms with E-state index in [9.17, 15) is 9.59 Å². The zero-order chi connectivity index (χ0) is 23.3. The van der Waals surface area contributed by atoms with Gasteiger partial charge in [-0.25, -0.2) is 9.59 Å². The van der Waals surface area contributed by atoms with Gasteiger partial charge in [0.25, 0.3) is 0 Å². The third-order valence-electron chi connectivity index (χ3n) is 6.26. The molecule has 0 aromatic heterocycles. The molecule has 3 atom stereocenters. The molecule has 2 heterocycles. The zero-order valence-electron chi connectivity index (χ0n) is 18.6. The second kappa shape index (κ2) is 10.3. The van der Waals surface area contributed by atoms with Crippen molar-refractivity contribution in [3.05, 3.63) is 71.8 Å². The number of nitrogens with zero attached hydrogens (tertiary/aromatic N) is 2. The lowest BCUT2D eigenvalue weighted by Crippen LogP contribution is -2.54. The van der Waals surface area contributed by atoms with Crippen LogP contribution in [-0.4, -0.2) is 53.9 Å². The molecule has 2 aromatic rings. The molecule has 0 saturated carbocycles. The Morgan fingerprint density at radius 2 is 1.75 bits per heavy atom. The van der Waals surface area contributed by atoms with Gasteiger partial charge in [0, 0.05) is 37.5 Å². The maximum absolute atomic E-state index is 9.55. The van der Waals surface area contributed by atoms with Crippen LogP contribution in [0.3, 0.4) is 0 Å². The normalized spacial score (nSPS) is 20.7. The summed E-state index contributed by atoms with van der Waals surface area (Å²) in [5.74, 6) is -0.893. The van der Waals surface area contributed by atoms with E-state index in [1.807, 2.05) is 0 Å². The fraction of sp³-hybridized carbons (Fsp3) is 0.360. The largest absolute Gasteiger partial charge is 0.497 e. The topological polar surface area (TPSA) is 90.3 Å². The van der Waals surface area contributed by atoms with Crippen molar-refractivity contribution in [2.45, 2.75) is 37.9 Å². The first-order valence-electron chi connectivity index (χ1n) is 10.7. The fourth-order valence-corrected chi connectivity index (χ4v) is 4.61. The molecule has 7 nitrogen and oxygen atoms in total. The number of carbonyl (C=O) groups is 2. The Balaban J connectivity index is 0.000000312. The number of carboxylic acid groups (broad SMARTS) is 2. The second-order valence-electron chi connectivity index (χ2n) is 8.07. The summed E-state index contributed by atoms with van der Waals surface area (Å²) in [6.07, 6.45) is 4.01. The summed E-state index contributed by atoms with van der Waals surface area (Å²) in [5, 5.41) is 15.6. The van der Waals surface area contributed by atoms with Crippen molar-refractivity contribution in [2.75, 3.05) is 25.6 Å². The van der Waals surface area contributed by atoms with Crippen LogP contribution < -0.4 is 9.64 Å². The Labute approximate surface area is 188 Å². The van der Waals surface area contributed by atoms with E-state index in [1.54, 1.807) is 7.11 Å². The van der Waals surface area contributed by atoms with Crippen LogP contribution in [-0.2, 0) is 9.59 Å². The average Bonchev–Trinajstić information content (AvgIpc) is 2.81. The number of aliphatic carboxylic acids is 2. The van der Waals surface area contributed by atoms with Gasteiger partial charge in [0.05, 0.1) is 13.3 Å². The summed E-state index contributed by atoms with van der Waals surface area (Å²) in [7, 11) is 3.99. The third-order valence-corrected chi connectivity index (χ3v) is 6.26. The smallest absolute Gasteiger partial charge is 0.328 e. The molecule has 2 aromatic carbocycles. The first kappa shape index (κ1) is 23.3. The monoisotopic (exact) mass is 438 g/mol. The molecular formula is C25H30N2O5. The highest BCUT2D eigenvalue weighted by atomic mass is 16.5. The Morgan fingerprint density at radius 1 is 1.09 bits per heavy atom. The van der Waals surface area contributed by atoms with Gasteiger partial charge in [-0.05, 0) is 55.0 Å². The van der Waals surface area contributed by atoms with Crippen molar-refractivity contribution in [1.29, 1.82) is 0 Å². The number of carboxylic acids is 2. The van der Waals surface area contributed by atoms with Crippen LogP contribution in [0.5, 0.6) is 5.75 Å². The van der Waals surface area contributed by atoms with Gasteiger partial charge in [-0.2, -0.15) is 0 Å². The number of anilines is 1. The third kappa shape index (κ3) is 5.29. The molecule has 3 unspecified atom stereocenters. The van der Waals surface area contributed by atoms with Crippen molar-refractivity contribution in [2.24, 2.45) is 0 Å². The van der Waals surface area contributed by atoms with E-state index in [4.69, 9.17) is 14.9 Å². The maximum atomic E-state index is 9.55. The molecule has 170 valence electrons. The SMILES string of the molecule is COc1ccc2c(c1)C1CCN(C(C)c3ccccc3)C(C1)N2C.O=C(O)/C=C/C(=O)O. The molecule has 1 saturated heterocycles. The number of rotatable bonds is 5. The van der Waals surface area contributed by atoms with E-state index in [2.05, 4.69) is 72.3 Å². The summed E-state index contributed by atoms with van der Waals surface area (Å²) in [4.78, 5) is 24.2. The molecular weight excluding hydrogens is 408 g/mol. The van der Waals surface area contributed by atoms with Crippen molar-refractivity contribution in [3.8, 4) is 5.75 Å². The molecule has 0 spiro atoms. The first-order valence-corrected chi connectivity index (χ1v) is 10.7. The van der Waals surface area contributed by atoms with E-state index in [0.29, 0.717) is 30.3 Å². The quantitative estimate of drug-likeness (QED) is 0.679. The van der Waals surface area contributed by atoms with Crippen LogP contribution in [0.4, 0.5) is 5.69 Å². The molecule has 2 aliphatic rings. The molecule has 0 radical (unpaired) electrons. The van der Waals surface area contributed by atoms with Gasteiger partial charge < -0.3 is 19.8 Å². The predicted octanol–water partition coefficient (Wildman–Crippen LogP) is 4.12. The molecule has 1 fully saturated rings. The molecule has 0 amide bonds. The van der Waals surface area contributed by atoms with E-state index >= 15 is 0 Å². The van der Waals surface area contributed by atoms with Gasteiger partial charge >= 0.3 is 11.9 Å². The number of likely N-dealkylation sites (tertiary alicyclic amines) is 1. The van der Waals surface area contributed by atoms with E-state index in [1.165, 1.54) is 29.7 Å². The number of piperidine rings is 1. The van der Waals surface area contributed by atoms with Crippen molar-refractivity contribution >= 4 is 17.6 Å². The molecule has 32 heavy (non-hydrogen) atoms. The standard InChI is InChI=1S/C21H26N2O.C4H4O4/c1-15(16-7-5-4-6-8-16)23-12-11-17-13-21(23)22(2)20-10-9-18(24-3)14-19(17)20;5-3(6)1-2-4(7)8/h4-10,14-15,17,21H,11-13H2,1-3H3;1-2H,(H,5,6)(H,7,8)/b;2-1+. The lowest BCUT2D eigenvalue weighted by Gasteiger charge is -2.51. The summed E-state index contributed by atoms with van der Waals surface area (Å²) >= 11 is 0. The Hall–Kier alpha value is -3.32. The van der Waals surface area contributed by atoms with Crippen LogP contribution >= 0.6 is 0 Å². The number of hydrogen-bond acceptors (Lipinski definition) is 5. The minimum Gasteiger partial charge on any atom is -0.497 e. The molecule has 2 bridgehead atoms. The Morgan fingerprint density at radius 3 is 2.34 bits per heavy atom. The summed E-state index contributed by atoms with van der Waals surface area (Å²) in [6.45, 7) is 3.49.